The third-order valence-electron chi connectivity index (χ3n) is 3.88. The topological polar surface area (TPSA) is 40.5 Å². The fourth-order valence-electron chi connectivity index (χ4n) is 2.63. The molecule has 0 heterocycles. The number of benzene rings is 1. The number of rotatable bonds is 0. The Kier molecular flexibility index (Phi) is 1.81. The minimum Gasteiger partial charge on any atom is -0.511 e. The molecule has 2 aliphatic rings. The number of hydrogen-bond donors (Lipinski definition) is 2. The molecular weight excluding hydrogens is 212 g/mol. The molecule has 88 valence electrons. The number of hydrogen-bond acceptors (Lipinski definition) is 2. The maximum absolute atomic E-state index is 10.3. The van der Waals surface area contributed by atoms with E-state index in [2.05, 4.69) is 6.08 Å². The van der Waals surface area contributed by atoms with Crippen LogP contribution in [0.4, 0.5) is 0 Å². The zero-order chi connectivity index (χ0) is 12.4. The highest BCUT2D eigenvalue weighted by atomic mass is 16.3. The lowest BCUT2D eigenvalue weighted by molar-refractivity contribution is 0.260. The van der Waals surface area contributed by atoms with E-state index in [-0.39, 0.29) is 5.41 Å². The summed E-state index contributed by atoms with van der Waals surface area (Å²) < 4.78 is 0. The van der Waals surface area contributed by atoms with Crippen molar-refractivity contribution >= 4 is 11.1 Å². The van der Waals surface area contributed by atoms with Crippen LogP contribution in [0, 0.1) is 12.3 Å². The van der Waals surface area contributed by atoms with Gasteiger partial charge in [0.05, 0.1) is 0 Å². The molecule has 0 aromatic heterocycles. The second-order valence-corrected chi connectivity index (χ2v) is 5.58. The van der Waals surface area contributed by atoms with E-state index < -0.39 is 0 Å². The van der Waals surface area contributed by atoms with Crippen LogP contribution in [0.5, 0.6) is 5.75 Å². The van der Waals surface area contributed by atoms with Crippen LogP contribution in [0.3, 0.4) is 0 Å². The molecule has 2 N–H and O–H groups in total. The Morgan fingerprint density at radius 2 is 1.88 bits per heavy atom. The maximum Gasteiger partial charge on any atom is 0.127 e. The minimum atomic E-state index is -0.229. The minimum absolute atomic E-state index is 0.229. The first-order valence-electron chi connectivity index (χ1n) is 5.91. The lowest BCUT2D eigenvalue weighted by atomic mass is 9.67. The van der Waals surface area contributed by atoms with Gasteiger partial charge < -0.3 is 10.2 Å². The Labute approximate surface area is 101 Å². The van der Waals surface area contributed by atoms with Crippen molar-refractivity contribution in [3.63, 3.8) is 0 Å². The summed E-state index contributed by atoms with van der Waals surface area (Å²) in [7, 11) is 0. The summed E-state index contributed by atoms with van der Waals surface area (Å²) in [6.45, 7) is 5.92. The summed E-state index contributed by atoms with van der Waals surface area (Å²) >= 11 is 0. The molecule has 0 fully saturated rings. The molecule has 1 aromatic carbocycles. The van der Waals surface area contributed by atoms with E-state index in [0.29, 0.717) is 11.5 Å². The van der Waals surface area contributed by atoms with Crippen molar-refractivity contribution in [2.45, 2.75) is 27.2 Å². The summed E-state index contributed by atoms with van der Waals surface area (Å²) in [5.41, 5.74) is 4.44. The van der Waals surface area contributed by atoms with E-state index in [1.165, 1.54) is 0 Å². The molecule has 0 atom stereocenters. The number of phenolic OH excluding ortho intramolecular Hbond substituents is 1. The molecular formula is C15H16O2. The number of aliphatic hydroxyl groups is 1. The quantitative estimate of drug-likeness (QED) is 0.709. The van der Waals surface area contributed by atoms with Crippen LogP contribution in [0.25, 0.3) is 11.1 Å². The average molecular weight is 228 g/mol. The van der Waals surface area contributed by atoms with Gasteiger partial charge in [-0.3, -0.25) is 0 Å². The van der Waals surface area contributed by atoms with Gasteiger partial charge >= 0.3 is 0 Å². The first-order chi connectivity index (χ1) is 7.93. The Bertz CT molecular complexity index is 589. The van der Waals surface area contributed by atoms with Crippen LogP contribution in [0.2, 0.25) is 0 Å². The Morgan fingerprint density at radius 3 is 2.59 bits per heavy atom. The molecule has 0 saturated carbocycles. The number of aryl methyl sites for hydroxylation is 1. The molecule has 0 unspecified atom stereocenters. The number of aromatic hydroxyl groups is 1. The van der Waals surface area contributed by atoms with Gasteiger partial charge in [-0.15, -0.1) is 0 Å². The predicted octanol–water partition coefficient (Wildman–Crippen LogP) is 3.80. The molecule has 2 heteroatoms. The van der Waals surface area contributed by atoms with Crippen molar-refractivity contribution in [2.75, 3.05) is 0 Å². The number of fused-ring (bicyclic) bond motifs is 4. The molecule has 17 heavy (non-hydrogen) atoms. The van der Waals surface area contributed by atoms with Gasteiger partial charge in [0.15, 0.2) is 0 Å². The summed E-state index contributed by atoms with van der Waals surface area (Å²) in [5.74, 6) is 0.710. The lowest BCUT2D eigenvalue weighted by Gasteiger charge is -2.38. The summed E-state index contributed by atoms with van der Waals surface area (Å²) in [6.07, 6.45) is 3.00. The molecule has 0 spiro atoms. The van der Waals surface area contributed by atoms with Crippen molar-refractivity contribution in [1.29, 1.82) is 0 Å². The number of phenols is 1. The van der Waals surface area contributed by atoms with Crippen LogP contribution in [0.15, 0.2) is 24.0 Å². The molecule has 0 saturated heterocycles. The van der Waals surface area contributed by atoms with Crippen LogP contribution >= 0.6 is 0 Å². The monoisotopic (exact) mass is 228 g/mol. The Balaban J connectivity index is 2.31. The molecule has 0 radical (unpaired) electrons. The smallest absolute Gasteiger partial charge is 0.127 e. The standard InChI is InChI=1S/C15H16O2/c1-8-4-5-9-10-6-7-15(2,3)14(17)12(10)11(9)13(8)16/h4-6,16-17H,7H2,1-3H3. The SMILES string of the molecule is Cc1ccc2c(c1O)C1=C(O)C(C)(C)CC=C12. The normalized spacial score (nSPS) is 20.3. The van der Waals surface area contributed by atoms with E-state index in [9.17, 15) is 10.2 Å². The second kappa shape index (κ2) is 2.95. The van der Waals surface area contributed by atoms with Gasteiger partial charge in [0.25, 0.3) is 0 Å². The molecule has 0 bridgehead atoms. The largest absolute Gasteiger partial charge is 0.511 e. The average Bonchev–Trinajstić information content (AvgIpc) is 2.23. The van der Waals surface area contributed by atoms with Crippen molar-refractivity contribution in [2.24, 2.45) is 5.41 Å². The third-order valence-corrected chi connectivity index (χ3v) is 3.88. The third kappa shape index (κ3) is 1.15. The summed E-state index contributed by atoms with van der Waals surface area (Å²) in [4.78, 5) is 0. The van der Waals surface area contributed by atoms with Crippen LogP contribution in [-0.2, 0) is 0 Å². The van der Waals surface area contributed by atoms with Gasteiger partial charge in [0, 0.05) is 16.6 Å². The van der Waals surface area contributed by atoms with E-state index in [0.717, 1.165) is 34.3 Å². The van der Waals surface area contributed by atoms with E-state index in [1.54, 1.807) is 0 Å². The molecule has 0 aliphatic heterocycles. The highest BCUT2D eigenvalue weighted by Gasteiger charge is 2.40. The van der Waals surface area contributed by atoms with Gasteiger partial charge in [0.2, 0.25) is 0 Å². The lowest BCUT2D eigenvalue weighted by Crippen LogP contribution is -2.24. The molecule has 2 nitrogen and oxygen atoms in total. The Hall–Kier alpha value is -1.70. The van der Waals surface area contributed by atoms with Crippen molar-refractivity contribution in [1.82, 2.24) is 0 Å². The molecule has 2 aliphatic carbocycles. The van der Waals surface area contributed by atoms with Crippen LogP contribution in [0.1, 0.15) is 37.0 Å². The fraction of sp³-hybridized carbons (Fsp3) is 0.333. The van der Waals surface area contributed by atoms with E-state index >= 15 is 0 Å². The highest BCUT2D eigenvalue weighted by molar-refractivity contribution is 6.19. The van der Waals surface area contributed by atoms with Crippen LogP contribution in [-0.4, -0.2) is 10.2 Å². The van der Waals surface area contributed by atoms with Gasteiger partial charge in [-0.2, -0.15) is 0 Å². The number of allylic oxidation sites excluding steroid dienone is 4. The van der Waals surface area contributed by atoms with Crippen molar-refractivity contribution in [3.05, 3.63) is 40.7 Å². The van der Waals surface area contributed by atoms with Gasteiger partial charge in [-0.25, -0.2) is 0 Å². The highest BCUT2D eigenvalue weighted by Crippen LogP contribution is 2.57. The van der Waals surface area contributed by atoms with Crippen LogP contribution < -0.4 is 0 Å². The molecule has 3 rings (SSSR count). The van der Waals surface area contributed by atoms with Crippen molar-refractivity contribution < 1.29 is 10.2 Å². The van der Waals surface area contributed by atoms with E-state index in [1.807, 2.05) is 32.9 Å². The molecule has 1 aromatic rings. The van der Waals surface area contributed by atoms with Gasteiger partial charge in [-0.1, -0.05) is 32.1 Å². The Morgan fingerprint density at radius 1 is 1.18 bits per heavy atom. The zero-order valence-corrected chi connectivity index (χ0v) is 10.3. The molecule has 0 amide bonds. The second-order valence-electron chi connectivity index (χ2n) is 5.58. The summed E-state index contributed by atoms with van der Waals surface area (Å²) in [5, 5.41) is 20.4. The zero-order valence-electron chi connectivity index (χ0n) is 10.3. The van der Waals surface area contributed by atoms with Crippen molar-refractivity contribution in [3.8, 4) is 5.75 Å². The van der Waals surface area contributed by atoms with Gasteiger partial charge in [0.1, 0.15) is 11.5 Å². The predicted molar refractivity (Wildman–Crippen MR) is 68.8 cm³/mol. The first kappa shape index (κ1) is 10.5. The number of aliphatic hydroxyl groups excluding tert-OH is 1. The van der Waals surface area contributed by atoms with E-state index in [4.69, 9.17) is 0 Å². The first-order valence-corrected chi connectivity index (χ1v) is 5.91. The maximum atomic E-state index is 10.3. The van der Waals surface area contributed by atoms with Gasteiger partial charge in [-0.05, 0) is 30.0 Å². The summed E-state index contributed by atoms with van der Waals surface area (Å²) in [6, 6.07) is 3.94. The fourth-order valence-corrected chi connectivity index (χ4v) is 2.63.